The van der Waals surface area contributed by atoms with Crippen LogP contribution in [0.1, 0.15) is 27.7 Å². The molecular formula is C13H19IN2O. The fourth-order valence-corrected chi connectivity index (χ4v) is 1.69. The van der Waals surface area contributed by atoms with Crippen LogP contribution in [0.5, 0.6) is 0 Å². The fraction of sp³-hybridized carbons (Fsp3) is 0.462. The van der Waals surface area contributed by atoms with Gasteiger partial charge in [0.1, 0.15) is 0 Å². The highest BCUT2D eigenvalue weighted by Gasteiger charge is 2.40. The molecule has 94 valence electrons. The third-order valence-electron chi connectivity index (χ3n) is 3.26. The summed E-state index contributed by atoms with van der Waals surface area (Å²) in [4.78, 5) is 12.2. The zero-order chi connectivity index (χ0) is 13.3. The van der Waals surface area contributed by atoms with E-state index in [1.54, 1.807) is 0 Å². The van der Waals surface area contributed by atoms with E-state index in [-0.39, 0.29) is 5.91 Å². The van der Waals surface area contributed by atoms with E-state index in [2.05, 4.69) is 27.9 Å². The van der Waals surface area contributed by atoms with Crippen LogP contribution in [0.25, 0.3) is 0 Å². The quantitative estimate of drug-likeness (QED) is 0.827. The summed E-state index contributed by atoms with van der Waals surface area (Å²) < 4.78 is 1.09. The Hall–Kier alpha value is -0.620. The maximum absolute atomic E-state index is 12.2. The van der Waals surface area contributed by atoms with Crippen molar-refractivity contribution in [3.05, 3.63) is 27.8 Å². The first-order valence-corrected chi connectivity index (χ1v) is 6.58. The molecule has 0 aliphatic heterocycles. The van der Waals surface area contributed by atoms with Gasteiger partial charge in [-0.25, -0.2) is 0 Å². The predicted molar refractivity (Wildman–Crippen MR) is 79.8 cm³/mol. The molecule has 0 aliphatic rings. The van der Waals surface area contributed by atoms with Gasteiger partial charge in [0.15, 0.2) is 0 Å². The Morgan fingerprint density at radius 3 is 2.35 bits per heavy atom. The Kier molecular flexibility index (Phi) is 4.19. The van der Waals surface area contributed by atoms with Crippen LogP contribution in [0, 0.1) is 8.99 Å². The molecule has 0 saturated carbocycles. The molecule has 0 aliphatic carbocycles. The van der Waals surface area contributed by atoms with Gasteiger partial charge in [0, 0.05) is 14.8 Å². The van der Waals surface area contributed by atoms with Crippen LogP contribution in [-0.2, 0) is 4.79 Å². The van der Waals surface area contributed by atoms with Gasteiger partial charge in [-0.1, -0.05) is 6.07 Å². The van der Waals surface area contributed by atoms with Gasteiger partial charge in [0.05, 0.1) is 5.41 Å². The molecular weight excluding hydrogens is 327 g/mol. The normalized spacial score (nSPS) is 12.4. The average molecular weight is 346 g/mol. The summed E-state index contributed by atoms with van der Waals surface area (Å²) in [5, 5.41) is 2.91. The van der Waals surface area contributed by atoms with Crippen LogP contribution < -0.4 is 11.1 Å². The van der Waals surface area contributed by atoms with Crippen LogP contribution >= 0.6 is 22.6 Å². The van der Waals surface area contributed by atoms with Gasteiger partial charge in [-0.3, -0.25) is 4.79 Å². The van der Waals surface area contributed by atoms with Crippen molar-refractivity contribution in [2.45, 2.75) is 33.2 Å². The Balaban J connectivity index is 2.87. The summed E-state index contributed by atoms with van der Waals surface area (Å²) >= 11 is 2.21. The largest absolute Gasteiger partial charge is 0.326 e. The lowest BCUT2D eigenvalue weighted by Crippen LogP contribution is -2.53. The number of hydrogen-bond donors (Lipinski definition) is 2. The van der Waals surface area contributed by atoms with Gasteiger partial charge >= 0.3 is 0 Å². The molecule has 0 unspecified atom stereocenters. The predicted octanol–water partition coefficient (Wildman–Crippen LogP) is 2.99. The molecule has 0 spiro atoms. The van der Waals surface area contributed by atoms with E-state index in [1.807, 2.05) is 52.0 Å². The van der Waals surface area contributed by atoms with Crippen LogP contribution in [0.4, 0.5) is 5.69 Å². The molecule has 1 aromatic rings. The minimum atomic E-state index is -0.631. The number of amides is 1. The summed E-state index contributed by atoms with van der Waals surface area (Å²) in [7, 11) is 0. The second kappa shape index (κ2) is 4.94. The number of halogens is 1. The topological polar surface area (TPSA) is 55.1 Å². The molecule has 3 N–H and O–H groups in total. The number of rotatable bonds is 3. The molecule has 3 nitrogen and oxygen atoms in total. The number of carbonyl (C=O) groups excluding carboxylic acids is 1. The van der Waals surface area contributed by atoms with E-state index in [0.29, 0.717) is 0 Å². The van der Waals surface area contributed by atoms with Crippen molar-refractivity contribution in [2.75, 3.05) is 5.32 Å². The highest BCUT2D eigenvalue weighted by atomic mass is 127. The first-order valence-electron chi connectivity index (χ1n) is 5.50. The smallest absolute Gasteiger partial charge is 0.231 e. The second-order valence-electron chi connectivity index (χ2n) is 5.31. The monoisotopic (exact) mass is 346 g/mol. The summed E-state index contributed by atoms with van der Waals surface area (Å²) in [6.07, 6.45) is 0. The summed E-state index contributed by atoms with van der Waals surface area (Å²) in [6, 6.07) is 7.70. The Bertz CT molecular complexity index is 422. The molecule has 0 bridgehead atoms. The first-order chi connectivity index (χ1) is 7.64. The van der Waals surface area contributed by atoms with Crippen molar-refractivity contribution >= 4 is 34.2 Å². The van der Waals surface area contributed by atoms with E-state index in [0.717, 1.165) is 9.26 Å². The number of anilines is 1. The number of nitrogens with one attached hydrogen (secondary N) is 1. The van der Waals surface area contributed by atoms with Crippen molar-refractivity contribution in [2.24, 2.45) is 11.1 Å². The minimum absolute atomic E-state index is 0.0630. The Morgan fingerprint density at radius 2 is 1.88 bits per heavy atom. The Morgan fingerprint density at radius 1 is 1.29 bits per heavy atom. The van der Waals surface area contributed by atoms with E-state index < -0.39 is 11.0 Å². The van der Waals surface area contributed by atoms with Crippen molar-refractivity contribution in [3.63, 3.8) is 0 Å². The number of benzene rings is 1. The lowest BCUT2D eigenvalue weighted by molar-refractivity contribution is -0.126. The lowest BCUT2D eigenvalue weighted by Gasteiger charge is -2.36. The second-order valence-corrected chi connectivity index (χ2v) is 6.56. The van der Waals surface area contributed by atoms with Crippen LogP contribution in [0.3, 0.4) is 0 Å². The van der Waals surface area contributed by atoms with Crippen molar-refractivity contribution in [3.8, 4) is 0 Å². The van der Waals surface area contributed by atoms with Gasteiger partial charge in [0.2, 0.25) is 5.91 Å². The van der Waals surface area contributed by atoms with Crippen molar-refractivity contribution in [1.82, 2.24) is 0 Å². The van der Waals surface area contributed by atoms with Gasteiger partial charge in [-0.2, -0.15) is 0 Å². The molecule has 0 saturated heterocycles. The highest BCUT2D eigenvalue weighted by molar-refractivity contribution is 14.1. The maximum Gasteiger partial charge on any atom is 0.231 e. The van der Waals surface area contributed by atoms with Gasteiger partial charge in [-0.05, 0) is 68.5 Å². The number of carbonyl (C=O) groups is 1. The Labute approximate surface area is 116 Å². The van der Waals surface area contributed by atoms with E-state index in [9.17, 15) is 4.79 Å². The molecule has 0 atom stereocenters. The summed E-state index contributed by atoms with van der Waals surface area (Å²) in [5.41, 5.74) is 5.64. The standard InChI is InChI=1S/C13H19IN2O/c1-12(2,13(3,4)15)11(17)16-10-7-5-6-9(14)8-10/h5-8H,15H2,1-4H3,(H,16,17). The van der Waals surface area contributed by atoms with Gasteiger partial charge < -0.3 is 11.1 Å². The molecule has 0 heterocycles. The third kappa shape index (κ3) is 3.42. The van der Waals surface area contributed by atoms with E-state index >= 15 is 0 Å². The molecule has 1 aromatic carbocycles. The maximum atomic E-state index is 12.2. The average Bonchev–Trinajstić information content (AvgIpc) is 2.15. The number of nitrogens with two attached hydrogens (primary N) is 1. The third-order valence-corrected chi connectivity index (χ3v) is 3.93. The zero-order valence-corrected chi connectivity index (χ0v) is 12.8. The van der Waals surface area contributed by atoms with Crippen LogP contribution in [-0.4, -0.2) is 11.4 Å². The first kappa shape index (κ1) is 14.4. The van der Waals surface area contributed by atoms with Crippen LogP contribution in [0.15, 0.2) is 24.3 Å². The molecule has 0 radical (unpaired) electrons. The zero-order valence-electron chi connectivity index (χ0n) is 10.7. The molecule has 17 heavy (non-hydrogen) atoms. The molecule has 4 heteroatoms. The number of hydrogen-bond acceptors (Lipinski definition) is 2. The fourth-order valence-electron chi connectivity index (χ4n) is 1.15. The highest BCUT2D eigenvalue weighted by Crippen LogP contribution is 2.29. The molecule has 1 amide bonds. The lowest BCUT2D eigenvalue weighted by atomic mass is 9.74. The van der Waals surface area contributed by atoms with E-state index in [4.69, 9.17) is 5.73 Å². The van der Waals surface area contributed by atoms with Gasteiger partial charge in [-0.15, -0.1) is 0 Å². The molecule has 0 fully saturated rings. The summed E-state index contributed by atoms with van der Waals surface area (Å²) in [6.45, 7) is 7.44. The van der Waals surface area contributed by atoms with Gasteiger partial charge in [0.25, 0.3) is 0 Å². The van der Waals surface area contributed by atoms with Crippen molar-refractivity contribution < 1.29 is 4.79 Å². The minimum Gasteiger partial charge on any atom is -0.326 e. The van der Waals surface area contributed by atoms with E-state index in [1.165, 1.54) is 0 Å². The van der Waals surface area contributed by atoms with Crippen molar-refractivity contribution in [1.29, 1.82) is 0 Å². The summed E-state index contributed by atoms with van der Waals surface area (Å²) in [5.74, 6) is -0.0630. The van der Waals surface area contributed by atoms with Crippen LogP contribution in [0.2, 0.25) is 0 Å². The molecule has 0 aromatic heterocycles. The SMILES string of the molecule is CC(C)(N)C(C)(C)C(=O)Nc1cccc(I)c1. The molecule has 1 rings (SSSR count).